The lowest BCUT2D eigenvalue weighted by Gasteiger charge is -2.22. The van der Waals surface area contributed by atoms with Crippen molar-refractivity contribution >= 4 is 17.3 Å². The van der Waals surface area contributed by atoms with E-state index in [1.807, 2.05) is 10.9 Å². The standard InChI is InChI=1S/C15H20N4O2S/c1-10-12(11-3-5-16-6-4-11)7-17-19(10)8-14-18-13(9-22-14)15(20)21-2/h7,9,11,16H,3-6,8H2,1-2H3. The van der Waals surface area contributed by atoms with Gasteiger partial charge in [0.05, 0.1) is 19.9 Å². The van der Waals surface area contributed by atoms with Crippen molar-refractivity contribution in [3.05, 3.63) is 33.5 Å². The smallest absolute Gasteiger partial charge is 0.357 e. The van der Waals surface area contributed by atoms with Crippen molar-refractivity contribution in [2.24, 2.45) is 0 Å². The Morgan fingerprint density at radius 1 is 1.50 bits per heavy atom. The van der Waals surface area contributed by atoms with Crippen LogP contribution in [0.15, 0.2) is 11.6 Å². The SMILES string of the molecule is COC(=O)c1csc(Cn2ncc(C3CCNCC3)c2C)n1. The Hall–Kier alpha value is -1.73. The summed E-state index contributed by atoms with van der Waals surface area (Å²) >= 11 is 1.46. The quantitative estimate of drug-likeness (QED) is 0.872. The highest BCUT2D eigenvalue weighted by Gasteiger charge is 2.20. The third-order valence-corrected chi connectivity index (χ3v) is 4.99. The number of carbonyl (C=O) groups is 1. The lowest BCUT2D eigenvalue weighted by atomic mass is 9.91. The van der Waals surface area contributed by atoms with Gasteiger partial charge in [0, 0.05) is 11.1 Å². The first-order chi connectivity index (χ1) is 10.7. The third-order valence-electron chi connectivity index (χ3n) is 4.15. The van der Waals surface area contributed by atoms with E-state index in [0.717, 1.165) is 30.9 Å². The molecular weight excluding hydrogens is 300 g/mol. The number of methoxy groups -OCH3 is 1. The second-order valence-corrected chi connectivity index (χ2v) is 6.43. The van der Waals surface area contributed by atoms with Gasteiger partial charge < -0.3 is 10.1 Å². The maximum atomic E-state index is 11.5. The molecule has 0 radical (unpaired) electrons. The van der Waals surface area contributed by atoms with E-state index in [1.165, 1.54) is 29.7 Å². The van der Waals surface area contributed by atoms with E-state index in [0.29, 0.717) is 18.2 Å². The molecule has 1 saturated heterocycles. The second-order valence-electron chi connectivity index (χ2n) is 5.49. The van der Waals surface area contributed by atoms with Gasteiger partial charge in [0.1, 0.15) is 5.01 Å². The van der Waals surface area contributed by atoms with E-state index in [2.05, 4.69) is 27.1 Å². The van der Waals surface area contributed by atoms with Crippen LogP contribution in [0, 0.1) is 6.92 Å². The Kier molecular flexibility index (Phi) is 4.54. The van der Waals surface area contributed by atoms with E-state index in [-0.39, 0.29) is 0 Å². The Labute approximate surface area is 133 Å². The third kappa shape index (κ3) is 3.05. The van der Waals surface area contributed by atoms with Crippen LogP contribution in [-0.4, -0.2) is 40.9 Å². The molecule has 118 valence electrons. The summed E-state index contributed by atoms with van der Waals surface area (Å²) in [6.45, 7) is 4.85. The predicted molar refractivity (Wildman–Crippen MR) is 84.4 cm³/mol. The zero-order valence-corrected chi connectivity index (χ0v) is 13.7. The number of esters is 1. The molecule has 1 fully saturated rings. The molecule has 0 atom stereocenters. The Morgan fingerprint density at radius 2 is 2.27 bits per heavy atom. The average molecular weight is 320 g/mol. The topological polar surface area (TPSA) is 69.0 Å². The van der Waals surface area contributed by atoms with Crippen LogP contribution in [0.25, 0.3) is 0 Å². The summed E-state index contributed by atoms with van der Waals surface area (Å²) < 4.78 is 6.65. The molecule has 1 aliphatic heterocycles. The van der Waals surface area contributed by atoms with Gasteiger partial charge in [0.25, 0.3) is 0 Å². The summed E-state index contributed by atoms with van der Waals surface area (Å²) in [5.41, 5.74) is 2.90. The molecule has 1 aliphatic rings. The molecule has 0 aliphatic carbocycles. The molecule has 0 aromatic carbocycles. The minimum Gasteiger partial charge on any atom is -0.464 e. The first kappa shape index (κ1) is 15.2. The van der Waals surface area contributed by atoms with Gasteiger partial charge in [-0.1, -0.05) is 0 Å². The molecule has 0 amide bonds. The number of nitrogens with zero attached hydrogens (tertiary/aromatic N) is 3. The molecule has 0 saturated carbocycles. The minimum atomic E-state index is -0.393. The van der Waals surface area contributed by atoms with Crippen molar-refractivity contribution in [1.29, 1.82) is 0 Å². The van der Waals surface area contributed by atoms with Gasteiger partial charge in [-0.2, -0.15) is 5.10 Å². The fourth-order valence-electron chi connectivity index (χ4n) is 2.86. The van der Waals surface area contributed by atoms with Crippen LogP contribution in [-0.2, 0) is 11.3 Å². The monoisotopic (exact) mass is 320 g/mol. The van der Waals surface area contributed by atoms with Crippen LogP contribution in [0.3, 0.4) is 0 Å². The van der Waals surface area contributed by atoms with Gasteiger partial charge in [0.15, 0.2) is 5.69 Å². The molecule has 3 heterocycles. The predicted octanol–water partition coefficient (Wildman–Crippen LogP) is 1.95. The van der Waals surface area contributed by atoms with Gasteiger partial charge in [-0.25, -0.2) is 9.78 Å². The lowest BCUT2D eigenvalue weighted by molar-refractivity contribution is 0.0594. The molecule has 22 heavy (non-hydrogen) atoms. The van der Waals surface area contributed by atoms with E-state index >= 15 is 0 Å². The molecule has 2 aromatic heterocycles. The first-order valence-corrected chi connectivity index (χ1v) is 8.32. The number of carbonyl (C=O) groups excluding carboxylic acids is 1. The molecule has 0 unspecified atom stereocenters. The van der Waals surface area contributed by atoms with Gasteiger partial charge in [-0.15, -0.1) is 11.3 Å². The van der Waals surface area contributed by atoms with Crippen LogP contribution < -0.4 is 5.32 Å². The number of piperidine rings is 1. The molecule has 7 heteroatoms. The Balaban J connectivity index is 1.74. The number of ether oxygens (including phenoxy) is 1. The van der Waals surface area contributed by atoms with Gasteiger partial charge in [-0.05, 0) is 44.3 Å². The molecule has 0 spiro atoms. The highest BCUT2D eigenvalue weighted by molar-refractivity contribution is 7.09. The molecule has 1 N–H and O–H groups in total. The van der Waals surface area contributed by atoms with Crippen LogP contribution in [0.1, 0.15) is 45.5 Å². The maximum Gasteiger partial charge on any atom is 0.357 e. The van der Waals surface area contributed by atoms with E-state index in [1.54, 1.807) is 5.38 Å². The fraction of sp³-hybridized carbons (Fsp3) is 0.533. The highest BCUT2D eigenvalue weighted by atomic mass is 32.1. The second kappa shape index (κ2) is 6.58. The van der Waals surface area contributed by atoms with Crippen molar-refractivity contribution in [1.82, 2.24) is 20.1 Å². The van der Waals surface area contributed by atoms with Crippen LogP contribution in [0.5, 0.6) is 0 Å². The minimum absolute atomic E-state index is 0.367. The molecule has 6 nitrogen and oxygen atoms in total. The first-order valence-electron chi connectivity index (χ1n) is 7.44. The Morgan fingerprint density at radius 3 is 3.00 bits per heavy atom. The zero-order chi connectivity index (χ0) is 15.5. The highest BCUT2D eigenvalue weighted by Crippen LogP contribution is 2.28. The summed E-state index contributed by atoms with van der Waals surface area (Å²) in [5.74, 6) is 0.201. The molecule has 2 aromatic rings. The van der Waals surface area contributed by atoms with E-state index in [4.69, 9.17) is 0 Å². The summed E-state index contributed by atoms with van der Waals surface area (Å²) in [6.07, 6.45) is 4.31. The number of thiazole rings is 1. The summed E-state index contributed by atoms with van der Waals surface area (Å²) in [4.78, 5) is 15.8. The molecule has 3 rings (SSSR count). The number of rotatable bonds is 4. The molecular formula is C15H20N4O2S. The number of aromatic nitrogens is 3. The number of nitrogens with one attached hydrogen (secondary N) is 1. The summed E-state index contributed by atoms with van der Waals surface area (Å²) in [5, 5.41) is 10.5. The van der Waals surface area contributed by atoms with Gasteiger partial charge in [0.2, 0.25) is 0 Å². The van der Waals surface area contributed by atoms with Crippen molar-refractivity contribution in [3.8, 4) is 0 Å². The maximum absolute atomic E-state index is 11.5. The number of hydrogen-bond acceptors (Lipinski definition) is 6. The van der Waals surface area contributed by atoms with Crippen molar-refractivity contribution in [3.63, 3.8) is 0 Å². The summed E-state index contributed by atoms with van der Waals surface area (Å²) in [6, 6.07) is 0. The van der Waals surface area contributed by atoms with Crippen LogP contribution >= 0.6 is 11.3 Å². The lowest BCUT2D eigenvalue weighted by Crippen LogP contribution is -2.26. The van der Waals surface area contributed by atoms with Crippen molar-refractivity contribution < 1.29 is 9.53 Å². The summed E-state index contributed by atoms with van der Waals surface area (Å²) in [7, 11) is 1.37. The van der Waals surface area contributed by atoms with Crippen LogP contribution in [0.4, 0.5) is 0 Å². The van der Waals surface area contributed by atoms with Gasteiger partial charge >= 0.3 is 5.97 Å². The van der Waals surface area contributed by atoms with Crippen molar-refractivity contribution in [2.75, 3.05) is 20.2 Å². The Bertz CT molecular complexity index is 658. The van der Waals surface area contributed by atoms with Gasteiger partial charge in [-0.3, -0.25) is 4.68 Å². The van der Waals surface area contributed by atoms with Crippen LogP contribution in [0.2, 0.25) is 0 Å². The number of hydrogen-bond donors (Lipinski definition) is 1. The zero-order valence-electron chi connectivity index (χ0n) is 12.8. The fourth-order valence-corrected chi connectivity index (χ4v) is 3.61. The van der Waals surface area contributed by atoms with E-state index < -0.39 is 5.97 Å². The van der Waals surface area contributed by atoms with E-state index in [9.17, 15) is 4.79 Å². The van der Waals surface area contributed by atoms with Crippen molar-refractivity contribution in [2.45, 2.75) is 32.2 Å². The average Bonchev–Trinajstić information content (AvgIpc) is 3.16. The molecule has 0 bridgehead atoms. The largest absolute Gasteiger partial charge is 0.464 e. The normalized spacial score (nSPS) is 15.9.